The first-order chi connectivity index (χ1) is 21.1. The zero-order chi connectivity index (χ0) is 33.9. The van der Waals surface area contributed by atoms with Crippen LogP contribution in [0.2, 0.25) is 0 Å². The summed E-state index contributed by atoms with van der Waals surface area (Å²) in [6.07, 6.45) is 2.28. The topological polar surface area (TPSA) is 36.9 Å². The SMILES string of the molecule is [CH2-]COCCOc1ccc(C(C)(C)CC(C)(C)C)cc1.[CH2-]COCCOc1ccc(C(C)(C)CC)cc1.[CH2-]c1cccc([CH2-])c1.[CH3-].[CH3-].[CH3-].[CH3-].[Ni].[Ni]. The third-order valence-corrected chi connectivity index (χ3v) is 7.40. The molecule has 0 saturated heterocycles. The van der Waals surface area contributed by atoms with Gasteiger partial charge in [-0.1, -0.05) is 92.9 Å². The van der Waals surface area contributed by atoms with Gasteiger partial charge in [-0.15, -0.1) is 0 Å². The maximum Gasteiger partial charge on any atom is 0.119 e. The molecule has 0 aliphatic carbocycles. The molecule has 0 heterocycles. The third kappa shape index (κ3) is 27.2. The first-order valence-corrected chi connectivity index (χ1v) is 16.1. The summed E-state index contributed by atoms with van der Waals surface area (Å²) in [6, 6.07) is 24.6. The average Bonchev–Trinajstić information content (AvgIpc) is 2.97. The van der Waals surface area contributed by atoms with E-state index >= 15 is 0 Å². The molecule has 6 heteroatoms. The minimum absolute atomic E-state index is 0. The fraction of sp³-hybridized carbons (Fsp3) is 0.422. The van der Waals surface area contributed by atoms with Crippen LogP contribution in [0.1, 0.15) is 90.5 Å². The molecule has 0 aliphatic rings. The van der Waals surface area contributed by atoms with E-state index in [9.17, 15) is 0 Å². The van der Waals surface area contributed by atoms with Crippen LogP contribution in [0.4, 0.5) is 0 Å². The van der Waals surface area contributed by atoms with Gasteiger partial charge in [0.1, 0.15) is 24.7 Å². The Morgan fingerprint density at radius 2 is 0.882 bits per heavy atom. The van der Waals surface area contributed by atoms with Crippen molar-refractivity contribution in [3.63, 3.8) is 0 Å². The van der Waals surface area contributed by atoms with Gasteiger partial charge in [-0.05, 0) is 64.5 Å². The smallest absolute Gasteiger partial charge is 0.119 e. The van der Waals surface area contributed by atoms with E-state index in [2.05, 4.69) is 107 Å². The standard InChI is InChI=1S/C18H29O2.C15H23O2.C8H8.4CH3.2Ni/c1-7-19-12-13-20-16-10-8-15(9-11-16)18(5,6)14-17(2,3)4;1-5-15(3,4)13-7-9-14(10-8-13)17-12-11-16-6-2;1-7-4-3-5-8(2)6-7;;;;;;/h8-11H,1,7,12-14H2,2-6H3;7-10H,2,5-6,11-12H2,1,3-4H3;3-6H,1-2H2;4*1H3;;/q2*-1;-2;4*-1;;. The van der Waals surface area contributed by atoms with E-state index < -0.39 is 0 Å². The van der Waals surface area contributed by atoms with Crippen LogP contribution in [0.5, 0.6) is 11.5 Å². The third-order valence-electron chi connectivity index (χ3n) is 7.40. The zero-order valence-corrected chi connectivity index (χ0v) is 36.2. The van der Waals surface area contributed by atoms with Crippen LogP contribution < -0.4 is 9.47 Å². The fourth-order valence-electron chi connectivity index (χ4n) is 4.91. The van der Waals surface area contributed by atoms with Crippen molar-refractivity contribution in [2.24, 2.45) is 5.41 Å². The Bertz CT molecular complexity index is 1170. The Morgan fingerprint density at radius 1 is 0.529 bits per heavy atom. The van der Waals surface area contributed by atoms with Gasteiger partial charge in [-0.3, -0.25) is 0 Å². The number of benzene rings is 3. The van der Waals surface area contributed by atoms with Gasteiger partial charge in [0.2, 0.25) is 0 Å². The van der Waals surface area contributed by atoms with Crippen LogP contribution in [0.15, 0.2) is 72.8 Å². The Kier molecular flexibility index (Phi) is 37.6. The Balaban J connectivity index is -0.000000150. The molecule has 0 atom stereocenters. The van der Waals surface area contributed by atoms with Gasteiger partial charge < -0.3 is 62.5 Å². The molecule has 0 saturated carbocycles. The van der Waals surface area contributed by atoms with Crippen molar-refractivity contribution in [2.45, 2.75) is 79.1 Å². The molecule has 0 unspecified atom stereocenters. The first-order valence-electron chi connectivity index (χ1n) is 16.1. The summed E-state index contributed by atoms with van der Waals surface area (Å²) < 4.78 is 21.4. The zero-order valence-electron chi connectivity index (χ0n) is 34.2. The van der Waals surface area contributed by atoms with E-state index in [1.54, 1.807) is 0 Å². The molecule has 0 spiro atoms. The van der Waals surface area contributed by atoms with Crippen molar-refractivity contribution in [3.8, 4) is 11.5 Å². The summed E-state index contributed by atoms with van der Waals surface area (Å²) in [5.74, 6) is 1.79. The fourth-order valence-corrected chi connectivity index (χ4v) is 4.91. The van der Waals surface area contributed by atoms with Crippen LogP contribution in [0, 0.1) is 62.8 Å². The second-order valence-electron chi connectivity index (χ2n) is 13.6. The molecule has 3 aromatic rings. The molecule has 0 N–H and O–H groups in total. The van der Waals surface area contributed by atoms with Gasteiger partial charge in [0.25, 0.3) is 0 Å². The molecule has 0 aromatic heterocycles. The van der Waals surface area contributed by atoms with E-state index in [0.29, 0.717) is 45.1 Å². The van der Waals surface area contributed by atoms with Crippen LogP contribution in [0.3, 0.4) is 0 Å². The van der Waals surface area contributed by atoms with Crippen molar-refractivity contribution < 1.29 is 51.9 Å². The van der Waals surface area contributed by atoms with Gasteiger partial charge >= 0.3 is 0 Å². The Labute approximate surface area is 338 Å². The minimum atomic E-state index is 0. The number of hydrogen-bond donors (Lipinski definition) is 0. The molecule has 0 aliphatic heterocycles. The normalized spacial score (nSPS) is 10.2. The summed E-state index contributed by atoms with van der Waals surface area (Å²) in [5, 5.41) is 0. The summed E-state index contributed by atoms with van der Waals surface area (Å²) >= 11 is 0. The molecule has 0 radical (unpaired) electrons. The number of hydrogen-bond acceptors (Lipinski definition) is 4. The van der Waals surface area contributed by atoms with Crippen LogP contribution in [-0.4, -0.2) is 39.6 Å². The molecular formula is C45H72Ni2O4-8. The molecule has 0 bridgehead atoms. The largest absolute Gasteiger partial charge is 0.491 e. The second kappa shape index (κ2) is 31.4. The van der Waals surface area contributed by atoms with E-state index in [-0.39, 0.29) is 73.5 Å². The van der Waals surface area contributed by atoms with E-state index in [0.717, 1.165) is 35.5 Å². The van der Waals surface area contributed by atoms with Crippen molar-refractivity contribution >= 4 is 0 Å². The van der Waals surface area contributed by atoms with Gasteiger partial charge in [0, 0.05) is 33.0 Å². The predicted octanol–water partition coefficient (Wildman–Crippen LogP) is 12.1. The average molecular weight is 794 g/mol. The van der Waals surface area contributed by atoms with E-state index in [1.165, 1.54) is 11.1 Å². The van der Waals surface area contributed by atoms with Crippen molar-refractivity contribution in [1.82, 2.24) is 0 Å². The summed E-state index contributed by atoms with van der Waals surface area (Å²) in [5.41, 5.74) is 5.48. The molecule has 3 aromatic carbocycles. The molecular weight excluding hydrogens is 722 g/mol. The van der Waals surface area contributed by atoms with Crippen LogP contribution in [-0.2, 0) is 53.3 Å². The van der Waals surface area contributed by atoms with Gasteiger partial charge in [0.05, 0.1) is 13.2 Å². The van der Waals surface area contributed by atoms with Crippen molar-refractivity contribution in [2.75, 3.05) is 39.6 Å². The Hall–Kier alpha value is -2.09. The van der Waals surface area contributed by atoms with E-state index in [1.807, 2.05) is 48.5 Å². The van der Waals surface area contributed by atoms with Gasteiger partial charge in [0.15, 0.2) is 0 Å². The molecule has 51 heavy (non-hydrogen) atoms. The van der Waals surface area contributed by atoms with Crippen LogP contribution >= 0.6 is 0 Å². The summed E-state index contributed by atoms with van der Waals surface area (Å²) in [7, 11) is 0. The van der Waals surface area contributed by atoms with Gasteiger partial charge in [-0.25, -0.2) is 0 Å². The van der Waals surface area contributed by atoms with Crippen molar-refractivity contribution in [3.05, 3.63) is 152 Å². The molecule has 4 nitrogen and oxygen atoms in total. The minimum Gasteiger partial charge on any atom is -0.491 e. The molecule has 304 valence electrons. The quantitative estimate of drug-likeness (QED) is 0.0925. The molecule has 0 amide bonds. The number of rotatable bonds is 14. The Morgan fingerprint density at radius 3 is 1.16 bits per heavy atom. The molecule has 0 fully saturated rings. The monoisotopic (exact) mass is 792 g/mol. The maximum absolute atomic E-state index is 5.62. The van der Waals surface area contributed by atoms with Crippen molar-refractivity contribution in [1.29, 1.82) is 0 Å². The number of ether oxygens (including phenoxy) is 4. The maximum atomic E-state index is 5.62. The summed E-state index contributed by atoms with van der Waals surface area (Å²) in [4.78, 5) is 0. The van der Waals surface area contributed by atoms with Gasteiger partial charge in [-0.2, -0.15) is 49.2 Å². The second-order valence-corrected chi connectivity index (χ2v) is 13.6. The summed E-state index contributed by atoms with van der Waals surface area (Å²) in [6.45, 7) is 36.2. The predicted molar refractivity (Wildman–Crippen MR) is 218 cm³/mol. The van der Waals surface area contributed by atoms with E-state index in [4.69, 9.17) is 18.9 Å². The first kappa shape index (κ1) is 61.0. The van der Waals surface area contributed by atoms with Crippen LogP contribution in [0.25, 0.3) is 0 Å². The molecule has 3 rings (SSSR count).